The van der Waals surface area contributed by atoms with Crippen LogP contribution in [0.4, 0.5) is 0 Å². The quantitative estimate of drug-likeness (QED) is 0.0150. The molecular formula is C96H162CaO14S2. The first-order valence-corrected chi connectivity index (χ1v) is 48.9. The van der Waals surface area contributed by atoms with E-state index in [4.69, 9.17) is 18.9 Å². The zero-order valence-corrected chi connectivity index (χ0v) is 76.2. The molecule has 0 spiro atoms. The largest absolute Gasteiger partial charge is 2.00 e. The summed E-state index contributed by atoms with van der Waals surface area (Å²) in [5.41, 5.74) is -0.696. The number of hydrogen-bond acceptors (Lipinski definition) is 14. The topological polar surface area (TPSA) is 220 Å². The molecule has 0 aliphatic heterocycles. The predicted octanol–water partition coefficient (Wildman–Crippen LogP) is 28.7. The van der Waals surface area contributed by atoms with Crippen LogP contribution in [0.15, 0.2) is 94.8 Å². The molecule has 0 saturated carbocycles. The molecule has 0 N–H and O–H groups in total. The molecule has 0 unspecified atom stereocenters. The van der Waals surface area contributed by atoms with Gasteiger partial charge in [0.1, 0.15) is 20.2 Å². The predicted molar refractivity (Wildman–Crippen MR) is 470 cm³/mol. The summed E-state index contributed by atoms with van der Waals surface area (Å²) in [5.74, 6) is -3.12. The molecule has 0 aromatic heterocycles. The SMILES string of the molecule is CCCCCCCCCC/C=C/CCCCCCCCOC(=O)c1ccc(S(=O)(=O)[O-])cc1C(=O)OCCCCCCCC/C=C/CCCCCCCCCC.CCCCCCCCCC/C=C/CCCCCCCCOC(=O)c1ccc(S(=O)(=O)[O-])cc1C(=O)OCCCCCCCC/C=C/CCCCCCCCCC.[Ca+2]. The molecule has 0 aliphatic carbocycles. The monoisotopic (exact) mass is 1640 g/mol. The van der Waals surface area contributed by atoms with Crippen LogP contribution < -0.4 is 0 Å². The van der Waals surface area contributed by atoms with E-state index in [2.05, 4.69) is 76.3 Å². The normalized spacial score (nSPS) is 11.8. The second-order valence-electron chi connectivity index (χ2n) is 31.4. The Morgan fingerprint density at radius 3 is 0.558 bits per heavy atom. The zero-order chi connectivity index (χ0) is 81.6. The first-order chi connectivity index (χ1) is 54.6. The molecule has 0 atom stereocenters. The zero-order valence-electron chi connectivity index (χ0n) is 72.4. The van der Waals surface area contributed by atoms with E-state index in [1.165, 1.54) is 295 Å². The molecule has 113 heavy (non-hydrogen) atoms. The van der Waals surface area contributed by atoms with Crippen molar-refractivity contribution in [3.63, 3.8) is 0 Å². The summed E-state index contributed by atoms with van der Waals surface area (Å²) >= 11 is 0. The summed E-state index contributed by atoms with van der Waals surface area (Å²) in [5, 5.41) is 0. The minimum absolute atomic E-state index is 0. The minimum Gasteiger partial charge on any atom is -0.744 e. The van der Waals surface area contributed by atoms with E-state index >= 15 is 0 Å². The summed E-state index contributed by atoms with van der Waals surface area (Å²) in [4.78, 5) is 50.5. The maximum absolute atomic E-state index is 12.9. The molecular weight excluding hydrogens is 1480 g/mol. The molecule has 0 bridgehead atoms. The Morgan fingerprint density at radius 2 is 0.389 bits per heavy atom. The number of ether oxygens (including phenoxy) is 4. The minimum atomic E-state index is -4.82. The van der Waals surface area contributed by atoms with Crippen LogP contribution in [0, 0.1) is 0 Å². The standard InChI is InChI=1S/2C48H82O7S.Ca/c2*1-3-5-7-9-11-13-15-17-19-21-23-25-27-29-31-33-35-37-41-54-47(49)45-40-39-44(56(51,52)53)43-46(45)48(50)55-42-38-36-34-32-30-28-26-24-22-20-18-16-14-12-10-8-6-4-2;/h2*21-24,39-40,43H,3-20,25-38,41-42H2,1-2H3,(H,51,52,53);/q;;+2/p-2/b2*23-21+,24-22+;. The molecule has 0 radical (unpaired) electrons. The summed E-state index contributed by atoms with van der Waals surface area (Å²) in [7, 11) is -9.64. The van der Waals surface area contributed by atoms with Gasteiger partial charge in [-0.15, -0.1) is 0 Å². The van der Waals surface area contributed by atoms with Gasteiger partial charge in [-0.05, 0) is 165 Å². The van der Waals surface area contributed by atoms with Gasteiger partial charge in [-0.1, -0.05) is 359 Å². The first-order valence-electron chi connectivity index (χ1n) is 46.1. The van der Waals surface area contributed by atoms with E-state index in [-0.39, 0.29) is 86.4 Å². The number of hydrogen-bond donors (Lipinski definition) is 0. The van der Waals surface area contributed by atoms with Gasteiger partial charge in [-0.25, -0.2) is 36.0 Å². The Morgan fingerprint density at radius 1 is 0.239 bits per heavy atom. The fourth-order valence-electron chi connectivity index (χ4n) is 13.8. The number of carbonyl (C=O) groups is 4. The molecule has 0 aliphatic rings. The van der Waals surface area contributed by atoms with Crippen molar-refractivity contribution in [2.75, 3.05) is 26.4 Å². The molecule has 2 aromatic rings. The van der Waals surface area contributed by atoms with Gasteiger partial charge in [0.15, 0.2) is 0 Å². The van der Waals surface area contributed by atoms with Gasteiger partial charge in [-0.3, -0.25) is 0 Å². The number of unbranched alkanes of at least 4 members (excludes halogenated alkanes) is 56. The summed E-state index contributed by atoms with van der Waals surface area (Å²) in [6, 6.07) is 6.26. The number of carbonyl (C=O) groups excluding carboxylic acids is 4. The molecule has 2 rings (SSSR count). The Kier molecular flexibility index (Phi) is 78.2. The second-order valence-corrected chi connectivity index (χ2v) is 34.2. The third kappa shape index (κ3) is 67.9. The van der Waals surface area contributed by atoms with Crippen molar-refractivity contribution in [3.8, 4) is 0 Å². The summed E-state index contributed by atoms with van der Waals surface area (Å²) in [6.07, 6.45) is 95.8. The Bertz CT molecular complexity index is 2740. The summed E-state index contributed by atoms with van der Waals surface area (Å²) in [6.45, 7) is 9.74. The van der Waals surface area contributed by atoms with Crippen LogP contribution in [0.1, 0.15) is 480 Å². The van der Waals surface area contributed by atoms with Crippen LogP contribution >= 0.6 is 0 Å². The maximum atomic E-state index is 12.9. The van der Waals surface area contributed by atoms with Crippen LogP contribution in [0.5, 0.6) is 0 Å². The number of esters is 4. The van der Waals surface area contributed by atoms with Gasteiger partial charge in [0.25, 0.3) is 0 Å². The van der Waals surface area contributed by atoms with Crippen LogP contribution in [0.3, 0.4) is 0 Å². The molecule has 0 heterocycles. The van der Waals surface area contributed by atoms with E-state index in [1.54, 1.807) is 0 Å². The Balaban J connectivity index is 0.00000220. The average Bonchev–Trinajstić information content (AvgIpc) is 0.814. The molecule has 0 fully saturated rings. The van der Waals surface area contributed by atoms with Gasteiger partial charge in [-0.2, -0.15) is 0 Å². The molecule has 14 nitrogen and oxygen atoms in total. The fraction of sp³-hybridized carbons (Fsp3) is 0.750. The van der Waals surface area contributed by atoms with Crippen molar-refractivity contribution >= 4 is 81.9 Å². The van der Waals surface area contributed by atoms with Crippen LogP contribution in [-0.2, 0) is 39.2 Å². The van der Waals surface area contributed by atoms with E-state index < -0.39 is 53.9 Å². The first kappa shape index (κ1) is 109. The Hall–Kier alpha value is -3.64. The van der Waals surface area contributed by atoms with Crippen molar-refractivity contribution in [2.24, 2.45) is 0 Å². The maximum Gasteiger partial charge on any atom is 2.00 e. The molecule has 644 valence electrons. The average molecular weight is 1640 g/mol. The van der Waals surface area contributed by atoms with Gasteiger partial charge in [0.2, 0.25) is 0 Å². The fourth-order valence-corrected chi connectivity index (χ4v) is 14.8. The number of benzene rings is 2. The van der Waals surface area contributed by atoms with Gasteiger partial charge < -0.3 is 28.1 Å². The summed E-state index contributed by atoms with van der Waals surface area (Å²) < 4.78 is 91.6. The third-order valence-electron chi connectivity index (χ3n) is 21.0. The van der Waals surface area contributed by atoms with Crippen molar-refractivity contribution in [1.82, 2.24) is 0 Å². The second kappa shape index (κ2) is 80.8. The van der Waals surface area contributed by atoms with Crippen molar-refractivity contribution in [1.29, 1.82) is 0 Å². The number of rotatable bonds is 78. The van der Waals surface area contributed by atoms with Crippen LogP contribution in [0.25, 0.3) is 0 Å². The third-order valence-corrected chi connectivity index (χ3v) is 22.7. The van der Waals surface area contributed by atoms with Gasteiger partial charge in [0, 0.05) is 0 Å². The number of allylic oxidation sites excluding steroid dienone is 8. The van der Waals surface area contributed by atoms with Crippen molar-refractivity contribution in [2.45, 2.75) is 448 Å². The molecule has 17 heteroatoms. The van der Waals surface area contributed by atoms with Gasteiger partial charge in [0.05, 0.1) is 58.5 Å². The molecule has 0 saturated heterocycles. The van der Waals surface area contributed by atoms with Crippen LogP contribution in [-0.4, -0.2) is 114 Å². The van der Waals surface area contributed by atoms with E-state index in [0.717, 1.165) is 127 Å². The van der Waals surface area contributed by atoms with E-state index in [9.17, 15) is 45.1 Å². The Labute approximate surface area is 722 Å². The molecule has 2 aromatic carbocycles. The van der Waals surface area contributed by atoms with E-state index in [0.29, 0.717) is 25.7 Å². The van der Waals surface area contributed by atoms with Crippen molar-refractivity contribution in [3.05, 3.63) is 107 Å². The molecule has 0 amide bonds. The van der Waals surface area contributed by atoms with Crippen molar-refractivity contribution < 1.29 is 64.1 Å². The smallest absolute Gasteiger partial charge is 0.744 e. The van der Waals surface area contributed by atoms with E-state index in [1.807, 2.05) is 0 Å². The van der Waals surface area contributed by atoms with Crippen LogP contribution in [0.2, 0.25) is 0 Å². The van der Waals surface area contributed by atoms with Gasteiger partial charge >= 0.3 is 61.6 Å².